The van der Waals surface area contributed by atoms with E-state index in [0.717, 1.165) is 12.8 Å². The molecular weight excluding hydrogens is 402 g/mol. The van der Waals surface area contributed by atoms with Crippen LogP contribution in [0.25, 0.3) is 0 Å². The molecule has 166 valence electrons. The van der Waals surface area contributed by atoms with E-state index in [4.69, 9.17) is 4.74 Å². The number of aliphatic hydroxyl groups is 2. The summed E-state index contributed by atoms with van der Waals surface area (Å²) in [5.41, 5.74) is -0.400. The van der Waals surface area contributed by atoms with Gasteiger partial charge in [-0.3, -0.25) is 14.5 Å². The third-order valence-corrected chi connectivity index (χ3v) is 6.37. The minimum absolute atomic E-state index is 0.0462. The number of amides is 3. The molecule has 0 radical (unpaired) electrons. The molecule has 3 N–H and O–H groups in total. The van der Waals surface area contributed by atoms with Crippen LogP contribution in [0.4, 0.5) is 16.2 Å². The fraction of sp³-hybridized carbons (Fsp3) is 0.500. The summed E-state index contributed by atoms with van der Waals surface area (Å²) in [5, 5.41) is 23.4. The van der Waals surface area contributed by atoms with E-state index < -0.39 is 23.5 Å². The van der Waals surface area contributed by atoms with Gasteiger partial charge in [0.05, 0.1) is 19.2 Å². The molecule has 0 bridgehead atoms. The molecule has 4 rings (SSSR count). The first-order valence-corrected chi connectivity index (χ1v) is 10.6. The largest absolute Gasteiger partial charge is 0.447 e. The fourth-order valence-electron chi connectivity index (χ4n) is 4.53. The van der Waals surface area contributed by atoms with Crippen LogP contribution in [0.1, 0.15) is 31.7 Å². The predicted octanol–water partition coefficient (Wildman–Crippen LogP) is 1.35. The van der Waals surface area contributed by atoms with Crippen LogP contribution in [0.5, 0.6) is 0 Å². The first-order chi connectivity index (χ1) is 14.9. The van der Waals surface area contributed by atoms with E-state index in [0.29, 0.717) is 36.6 Å². The van der Waals surface area contributed by atoms with E-state index in [1.165, 1.54) is 4.90 Å². The first-order valence-electron chi connectivity index (χ1n) is 10.6. The molecule has 2 saturated heterocycles. The van der Waals surface area contributed by atoms with Gasteiger partial charge in [-0.25, -0.2) is 4.79 Å². The molecule has 0 unspecified atom stereocenters. The van der Waals surface area contributed by atoms with Crippen LogP contribution in [0.2, 0.25) is 0 Å². The van der Waals surface area contributed by atoms with Gasteiger partial charge in [-0.15, -0.1) is 0 Å². The molecule has 2 fully saturated rings. The maximum Gasteiger partial charge on any atom is 0.414 e. The molecule has 0 aromatic heterocycles. The van der Waals surface area contributed by atoms with Crippen LogP contribution in [0.15, 0.2) is 30.4 Å². The minimum atomic E-state index is -1.82. The van der Waals surface area contributed by atoms with Gasteiger partial charge >= 0.3 is 6.09 Å². The monoisotopic (exact) mass is 429 g/mol. The molecular formula is C22H27N3O6. The normalized spacial score (nSPS) is 26.4. The summed E-state index contributed by atoms with van der Waals surface area (Å²) in [6, 6.07) is 4.86. The van der Waals surface area contributed by atoms with E-state index in [2.05, 4.69) is 5.32 Å². The van der Waals surface area contributed by atoms with Gasteiger partial charge in [0, 0.05) is 35.8 Å². The first kappa shape index (κ1) is 21.3. The third-order valence-electron chi connectivity index (χ3n) is 6.37. The van der Waals surface area contributed by atoms with Crippen molar-refractivity contribution in [1.29, 1.82) is 0 Å². The van der Waals surface area contributed by atoms with Gasteiger partial charge in [-0.2, -0.15) is 0 Å². The lowest BCUT2D eigenvalue weighted by Gasteiger charge is -2.27. The summed E-state index contributed by atoms with van der Waals surface area (Å²) < 4.78 is 4.97. The summed E-state index contributed by atoms with van der Waals surface area (Å²) in [7, 11) is 0. The number of aliphatic hydroxyl groups excluding tert-OH is 1. The van der Waals surface area contributed by atoms with Crippen LogP contribution in [-0.2, 0) is 19.9 Å². The standard InChI is InChI=1S/C22H27N3O6/c1-14(4-2-6-19(27)24-9-3-5-16(24)13-26)22(30)17-12-15(25-10-11-31-21(25)29)7-8-18(17)23-20(22)28/h2,4,7-8,12,14,16,26,30H,3,5-6,9-11,13H2,1H3,(H,23,28)/b4-2+/t14-,16-,22+/m0/s1. The number of benzene rings is 1. The van der Waals surface area contributed by atoms with Crippen molar-refractivity contribution in [3.05, 3.63) is 35.9 Å². The molecule has 3 aliphatic heterocycles. The number of rotatable bonds is 6. The maximum absolute atomic E-state index is 12.7. The Morgan fingerprint density at radius 1 is 1.39 bits per heavy atom. The van der Waals surface area contributed by atoms with Gasteiger partial charge in [0.2, 0.25) is 5.91 Å². The van der Waals surface area contributed by atoms with Crippen molar-refractivity contribution in [3.8, 4) is 0 Å². The molecule has 3 amide bonds. The van der Waals surface area contributed by atoms with Crippen LogP contribution in [-0.4, -0.2) is 65.4 Å². The third kappa shape index (κ3) is 3.68. The highest BCUT2D eigenvalue weighted by molar-refractivity contribution is 6.06. The number of nitrogens with one attached hydrogen (secondary N) is 1. The highest BCUT2D eigenvalue weighted by Gasteiger charge is 2.49. The molecule has 1 aromatic rings. The van der Waals surface area contributed by atoms with E-state index in [-0.39, 0.29) is 25.0 Å². The van der Waals surface area contributed by atoms with Gasteiger partial charge < -0.3 is 25.2 Å². The highest BCUT2D eigenvalue weighted by atomic mass is 16.6. The Morgan fingerprint density at radius 2 is 2.19 bits per heavy atom. The predicted molar refractivity (Wildman–Crippen MR) is 112 cm³/mol. The summed E-state index contributed by atoms with van der Waals surface area (Å²) >= 11 is 0. The molecule has 0 spiro atoms. The Morgan fingerprint density at radius 3 is 2.90 bits per heavy atom. The Hall–Kier alpha value is -2.91. The maximum atomic E-state index is 12.7. The van der Waals surface area contributed by atoms with E-state index >= 15 is 0 Å². The van der Waals surface area contributed by atoms with Crippen molar-refractivity contribution >= 4 is 29.3 Å². The molecule has 3 atom stereocenters. The quantitative estimate of drug-likeness (QED) is 0.588. The number of carbonyl (C=O) groups excluding carboxylic acids is 3. The molecule has 0 saturated carbocycles. The smallest absolute Gasteiger partial charge is 0.414 e. The highest BCUT2D eigenvalue weighted by Crippen LogP contribution is 2.43. The number of hydrogen-bond acceptors (Lipinski definition) is 6. The number of cyclic esters (lactones) is 1. The molecule has 9 nitrogen and oxygen atoms in total. The average molecular weight is 429 g/mol. The average Bonchev–Trinajstić information content (AvgIpc) is 3.46. The van der Waals surface area contributed by atoms with Crippen molar-refractivity contribution in [3.63, 3.8) is 0 Å². The molecule has 0 aliphatic carbocycles. The molecule has 9 heteroatoms. The summed E-state index contributed by atoms with van der Waals surface area (Å²) in [6.45, 7) is 2.99. The van der Waals surface area contributed by atoms with Crippen molar-refractivity contribution in [2.45, 2.75) is 37.8 Å². The van der Waals surface area contributed by atoms with Crippen molar-refractivity contribution < 1.29 is 29.3 Å². The number of anilines is 2. The van der Waals surface area contributed by atoms with Gasteiger partial charge in [0.25, 0.3) is 5.91 Å². The minimum Gasteiger partial charge on any atom is -0.447 e. The number of fused-ring (bicyclic) bond motifs is 1. The zero-order chi connectivity index (χ0) is 22.2. The van der Waals surface area contributed by atoms with E-state index in [1.54, 1.807) is 42.2 Å². The second kappa shape index (κ2) is 8.32. The Bertz CT molecular complexity index is 932. The zero-order valence-corrected chi connectivity index (χ0v) is 17.4. The number of nitrogens with zero attached hydrogens (tertiary/aromatic N) is 2. The van der Waals surface area contributed by atoms with Crippen molar-refractivity contribution in [2.24, 2.45) is 5.92 Å². The van der Waals surface area contributed by atoms with Crippen LogP contribution >= 0.6 is 0 Å². The van der Waals surface area contributed by atoms with E-state index in [9.17, 15) is 24.6 Å². The fourth-order valence-corrected chi connectivity index (χ4v) is 4.53. The Kier molecular flexibility index (Phi) is 5.72. The number of carbonyl (C=O) groups is 3. The molecule has 3 aliphatic rings. The van der Waals surface area contributed by atoms with Crippen molar-refractivity contribution in [2.75, 3.05) is 36.5 Å². The zero-order valence-electron chi connectivity index (χ0n) is 17.4. The molecule has 31 heavy (non-hydrogen) atoms. The number of likely N-dealkylation sites (tertiary alicyclic amines) is 1. The topological polar surface area (TPSA) is 119 Å². The lowest BCUT2D eigenvalue weighted by atomic mass is 9.82. The van der Waals surface area contributed by atoms with Crippen LogP contribution < -0.4 is 10.2 Å². The summed E-state index contributed by atoms with van der Waals surface area (Å²) in [4.78, 5) is 40.2. The van der Waals surface area contributed by atoms with Gasteiger partial charge in [0.15, 0.2) is 5.60 Å². The van der Waals surface area contributed by atoms with Gasteiger partial charge in [-0.05, 0) is 31.0 Å². The number of ether oxygens (including phenoxy) is 1. The SMILES string of the molecule is C[C@@H](/C=C/CC(=O)N1CCC[C@H]1CO)[C@]1(O)C(=O)Nc2ccc(N3CCOC3=O)cc21. The second-order valence-corrected chi connectivity index (χ2v) is 8.20. The lowest BCUT2D eigenvalue weighted by Crippen LogP contribution is -2.40. The summed E-state index contributed by atoms with van der Waals surface area (Å²) in [5.74, 6) is -1.25. The lowest BCUT2D eigenvalue weighted by molar-refractivity contribution is -0.137. The number of hydrogen-bond donors (Lipinski definition) is 3. The van der Waals surface area contributed by atoms with Gasteiger partial charge in [-0.1, -0.05) is 19.1 Å². The van der Waals surface area contributed by atoms with Gasteiger partial charge in [0.1, 0.15) is 6.61 Å². The van der Waals surface area contributed by atoms with E-state index in [1.807, 2.05) is 0 Å². The molecule has 3 heterocycles. The Balaban J connectivity index is 1.51. The van der Waals surface area contributed by atoms with Crippen LogP contribution in [0.3, 0.4) is 0 Å². The molecule has 1 aromatic carbocycles. The second-order valence-electron chi connectivity index (χ2n) is 8.20. The summed E-state index contributed by atoms with van der Waals surface area (Å²) in [6.07, 6.45) is 4.66. The van der Waals surface area contributed by atoms with Crippen LogP contribution in [0, 0.1) is 5.92 Å². The Labute approximate surface area is 180 Å². The van der Waals surface area contributed by atoms with Crippen molar-refractivity contribution in [1.82, 2.24) is 4.90 Å².